The molecule has 1 aliphatic carbocycles. The number of methoxy groups -OCH3 is 1. The Hall–Kier alpha value is -1.58. The van der Waals surface area contributed by atoms with Crippen LogP contribution in [0.1, 0.15) is 25.3 Å². The number of carboxylic acid groups (broad SMARTS) is 1. The summed E-state index contributed by atoms with van der Waals surface area (Å²) in [5, 5.41) is 9.08. The molecule has 0 spiro atoms. The SMILES string of the molecule is COc1ccc(F)c(C2C(C(=O)O)C2(C)C)c1. The van der Waals surface area contributed by atoms with Crippen LogP contribution < -0.4 is 4.74 Å². The van der Waals surface area contributed by atoms with Gasteiger partial charge in [0.25, 0.3) is 0 Å². The summed E-state index contributed by atoms with van der Waals surface area (Å²) in [4.78, 5) is 11.1. The normalized spacial score (nSPS) is 25.4. The van der Waals surface area contributed by atoms with Crippen LogP contribution in [0.4, 0.5) is 4.39 Å². The number of hydrogen-bond acceptors (Lipinski definition) is 2. The highest BCUT2D eigenvalue weighted by molar-refractivity contribution is 5.77. The predicted molar refractivity (Wildman–Crippen MR) is 60.6 cm³/mol. The molecule has 0 amide bonds. The monoisotopic (exact) mass is 238 g/mol. The molecule has 1 aromatic rings. The minimum Gasteiger partial charge on any atom is -0.497 e. The molecule has 2 unspecified atom stereocenters. The molecular formula is C13H15FO3. The first-order valence-electron chi connectivity index (χ1n) is 5.46. The summed E-state index contributed by atoms with van der Waals surface area (Å²) >= 11 is 0. The summed E-state index contributed by atoms with van der Waals surface area (Å²) in [6.45, 7) is 3.69. The number of carboxylic acids is 1. The second-order valence-electron chi connectivity index (χ2n) is 5.00. The number of hydrogen-bond donors (Lipinski definition) is 1. The molecule has 2 rings (SSSR count). The van der Waals surface area contributed by atoms with Crippen molar-refractivity contribution in [3.05, 3.63) is 29.6 Å². The van der Waals surface area contributed by atoms with Crippen molar-refractivity contribution in [2.45, 2.75) is 19.8 Å². The van der Waals surface area contributed by atoms with Gasteiger partial charge in [-0.1, -0.05) is 13.8 Å². The molecular weight excluding hydrogens is 223 g/mol. The Morgan fingerprint density at radius 2 is 2.12 bits per heavy atom. The summed E-state index contributed by atoms with van der Waals surface area (Å²) < 4.78 is 18.8. The number of carbonyl (C=O) groups is 1. The molecule has 0 heterocycles. The summed E-state index contributed by atoms with van der Waals surface area (Å²) in [6, 6.07) is 4.44. The van der Waals surface area contributed by atoms with Crippen molar-refractivity contribution < 1.29 is 19.0 Å². The van der Waals surface area contributed by atoms with E-state index in [2.05, 4.69) is 0 Å². The average molecular weight is 238 g/mol. The van der Waals surface area contributed by atoms with Gasteiger partial charge in [0.2, 0.25) is 0 Å². The first-order chi connectivity index (χ1) is 7.89. The van der Waals surface area contributed by atoms with Crippen molar-refractivity contribution in [1.29, 1.82) is 0 Å². The molecule has 1 aliphatic rings. The van der Waals surface area contributed by atoms with Gasteiger partial charge < -0.3 is 9.84 Å². The Morgan fingerprint density at radius 1 is 1.47 bits per heavy atom. The summed E-state index contributed by atoms with van der Waals surface area (Å²) in [5.41, 5.74) is 0.0284. The van der Waals surface area contributed by atoms with Gasteiger partial charge in [-0.25, -0.2) is 4.39 Å². The lowest BCUT2D eigenvalue weighted by Gasteiger charge is -2.07. The minimum absolute atomic E-state index is 0.282. The zero-order valence-electron chi connectivity index (χ0n) is 10.0. The van der Waals surface area contributed by atoms with Crippen LogP contribution >= 0.6 is 0 Å². The molecule has 0 bridgehead atoms. The maximum absolute atomic E-state index is 13.7. The molecule has 1 fully saturated rings. The third-order valence-corrected chi connectivity index (χ3v) is 3.63. The summed E-state index contributed by atoms with van der Waals surface area (Å²) in [6.07, 6.45) is 0. The molecule has 1 N–H and O–H groups in total. The first-order valence-corrected chi connectivity index (χ1v) is 5.46. The van der Waals surface area contributed by atoms with Crippen molar-refractivity contribution in [3.63, 3.8) is 0 Å². The predicted octanol–water partition coefficient (Wildman–Crippen LogP) is 2.66. The van der Waals surface area contributed by atoms with Gasteiger partial charge in [0.1, 0.15) is 11.6 Å². The molecule has 0 radical (unpaired) electrons. The molecule has 92 valence electrons. The Morgan fingerprint density at radius 3 is 2.59 bits per heavy atom. The lowest BCUT2D eigenvalue weighted by molar-refractivity contribution is -0.139. The Labute approximate surface area is 99.2 Å². The lowest BCUT2D eigenvalue weighted by atomic mass is 10.0. The maximum Gasteiger partial charge on any atom is 0.307 e. The summed E-state index contributed by atoms with van der Waals surface area (Å²) in [7, 11) is 1.50. The fourth-order valence-corrected chi connectivity index (χ4v) is 2.57. The van der Waals surface area contributed by atoms with E-state index in [0.717, 1.165) is 0 Å². The number of ether oxygens (including phenoxy) is 1. The van der Waals surface area contributed by atoms with Crippen molar-refractivity contribution in [2.75, 3.05) is 7.11 Å². The maximum atomic E-state index is 13.7. The van der Waals surface area contributed by atoms with E-state index in [-0.39, 0.29) is 11.7 Å². The fourth-order valence-electron chi connectivity index (χ4n) is 2.57. The molecule has 2 atom stereocenters. The standard InChI is InChI=1S/C13H15FO3/c1-13(2)10(11(13)12(15)16)8-6-7(17-3)4-5-9(8)14/h4-6,10-11H,1-3H3,(H,15,16). The van der Waals surface area contributed by atoms with Crippen molar-refractivity contribution in [2.24, 2.45) is 11.3 Å². The highest BCUT2D eigenvalue weighted by Crippen LogP contribution is 2.65. The van der Waals surface area contributed by atoms with Crippen LogP contribution in [0.2, 0.25) is 0 Å². The van der Waals surface area contributed by atoms with E-state index < -0.39 is 17.3 Å². The van der Waals surface area contributed by atoms with E-state index in [1.807, 2.05) is 13.8 Å². The van der Waals surface area contributed by atoms with Crippen LogP contribution in [-0.2, 0) is 4.79 Å². The van der Waals surface area contributed by atoms with E-state index in [1.54, 1.807) is 6.07 Å². The second kappa shape index (κ2) is 3.72. The van der Waals surface area contributed by atoms with Crippen LogP contribution in [0.3, 0.4) is 0 Å². The zero-order valence-corrected chi connectivity index (χ0v) is 10.0. The van der Waals surface area contributed by atoms with E-state index in [4.69, 9.17) is 9.84 Å². The Balaban J connectivity index is 2.39. The van der Waals surface area contributed by atoms with Gasteiger partial charge in [-0.3, -0.25) is 4.79 Å². The second-order valence-corrected chi connectivity index (χ2v) is 5.00. The van der Waals surface area contributed by atoms with Crippen LogP contribution in [0.25, 0.3) is 0 Å². The van der Waals surface area contributed by atoms with Crippen LogP contribution in [0.15, 0.2) is 18.2 Å². The fraction of sp³-hybridized carbons (Fsp3) is 0.462. The number of halogens is 1. The molecule has 3 nitrogen and oxygen atoms in total. The molecule has 1 saturated carbocycles. The van der Waals surface area contributed by atoms with E-state index >= 15 is 0 Å². The first kappa shape index (κ1) is 11.9. The van der Waals surface area contributed by atoms with Crippen molar-refractivity contribution in [3.8, 4) is 5.75 Å². The van der Waals surface area contributed by atoms with Crippen molar-refractivity contribution >= 4 is 5.97 Å². The third kappa shape index (κ3) is 1.77. The van der Waals surface area contributed by atoms with Crippen LogP contribution in [0.5, 0.6) is 5.75 Å². The highest BCUT2D eigenvalue weighted by Gasteiger charge is 2.63. The van der Waals surface area contributed by atoms with Crippen molar-refractivity contribution in [1.82, 2.24) is 0 Å². The molecule has 0 aromatic heterocycles. The van der Waals surface area contributed by atoms with Gasteiger partial charge in [-0.05, 0) is 29.2 Å². The molecule has 0 aliphatic heterocycles. The van der Waals surface area contributed by atoms with E-state index in [1.165, 1.54) is 19.2 Å². The van der Waals surface area contributed by atoms with Gasteiger partial charge in [-0.2, -0.15) is 0 Å². The number of rotatable bonds is 3. The van der Waals surface area contributed by atoms with Crippen LogP contribution in [0, 0.1) is 17.2 Å². The van der Waals surface area contributed by atoms with Crippen LogP contribution in [-0.4, -0.2) is 18.2 Å². The molecule has 0 saturated heterocycles. The molecule has 4 heteroatoms. The topological polar surface area (TPSA) is 46.5 Å². The largest absolute Gasteiger partial charge is 0.497 e. The Bertz CT molecular complexity index is 468. The zero-order chi connectivity index (χ0) is 12.8. The average Bonchev–Trinajstić information content (AvgIpc) is 2.82. The lowest BCUT2D eigenvalue weighted by Crippen LogP contribution is -2.03. The van der Waals surface area contributed by atoms with E-state index in [0.29, 0.717) is 11.3 Å². The van der Waals surface area contributed by atoms with Gasteiger partial charge in [-0.15, -0.1) is 0 Å². The summed E-state index contributed by atoms with van der Waals surface area (Å²) in [5.74, 6) is -1.50. The molecule has 17 heavy (non-hydrogen) atoms. The van der Waals surface area contributed by atoms with Gasteiger partial charge in [0.15, 0.2) is 0 Å². The molecule has 1 aromatic carbocycles. The van der Waals surface area contributed by atoms with Gasteiger partial charge >= 0.3 is 5.97 Å². The van der Waals surface area contributed by atoms with Gasteiger partial charge in [0.05, 0.1) is 13.0 Å². The third-order valence-electron chi connectivity index (χ3n) is 3.63. The van der Waals surface area contributed by atoms with E-state index in [9.17, 15) is 9.18 Å². The number of aliphatic carboxylic acids is 1. The highest BCUT2D eigenvalue weighted by atomic mass is 19.1. The van der Waals surface area contributed by atoms with Gasteiger partial charge in [0, 0.05) is 5.92 Å². The quantitative estimate of drug-likeness (QED) is 0.880. The number of benzene rings is 1. The Kier molecular flexibility index (Phi) is 2.60. The smallest absolute Gasteiger partial charge is 0.307 e. The minimum atomic E-state index is -0.873.